The monoisotopic (exact) mass is 308 g/mol. The molecule has 0 aliphatic heterocycles. The number of aromatic nitrogens is 2. The van der Waals surface area contributed by atoms with Crippen LogP contribution in [0.3, 0.4) is 0 Å². The van der Waals surface area contributed by atoms with Crippen molar-refractivity contribution >= 4 is 27.3 Å². The van der Waals surface area contributed by atoms with Crippen LogP contribution >= 0.6 is 0 Å². The van der Waals surface area contributed by atoms with E-state index in [1.807, 2.05) is 0 Å². The van der Waals surface area contributed by atoms with Gasteiger partial charge in [0.05, 0.1) is 6.20 Å². The Labute approximate surface area is 123 Å². The molecule has 2 rings (SSSR count). The molecular weight excluding hydrogens is 292 g/mol. The average Bonchev–Trinajstić information content (AvgIpc) is 2.86. The fourth-order valence-corrected chi connectivity index (χ4v) is 2.73. The summed E-state index contributed by atoms with van der Waals surface area (Å²) in [5.74, 6) is -0.0984. The molecule has 0 fully saturated rings. The summed E-state index contributed by atoms with van der Waals surface area (Å²) >= 11 is 0. The van der Waals surface area contributed by atoms with Gasteiger partial charge in [0.1, 0.15) is 4.90 Å². The van der Waals surface area contributed by atoms with Crippen molar-refractivity contribution in [1.82, 2.24) is 9.78 Å². The quantitative estimate of drug-likeness (QED) is 0.920. The highest BCUT2D eigenvalue weighted by Crippen LogP contribution is 2.19. The maximum Gasteiger partial charge on any atom is 0.265 e. The van der Waals surface area contributed by atoms with Crippen molar-refractivity contribution in [3.05, 3.63) is 36.7 Å². The van der Waals surface area contributed by atoms with E-state index in [0.29, 0.717) is 11.4 Å². The van der Waals surface area contributed by atoms with Crippen molar-refractivity contribution in [2.75, 3.05) is 16.7 Å². The standard InChI is InChI=1S/C13H16N4O3S/c1-10(18)17(3)12-6-4-11(5-7-12)15-21(19,20)13-8-14-16(2)9-13/h4-9,15H,1-3H3. The lowest BCUT2D eigenvalue weighted by molar-refractivity contribution is -0.116. The van der Waals surface area contributed by atoms with Gasteiger partial charge in [0.15, 0.2) is 0 Å². The van der Waals surface area contributed by atoms with E-state index in [2.05, 4.69) is 9.82 Å². The molecule has 1 N–H and O–H groups in total. The van der Waals surface area contributed by atoms with Crippen molar-refractivity contribution in [3.63, 3.8) is 0 Å². The Morgan fingerprint density at radius 3 is 2.38 bits per heavy atom. The fraction of sp³-hybridized carbons (Fsp3) is 0.231. The Kier molecular flexibility index (Phi) is 3.99. The van der Waals surface area contributed by atoms with Gasteiger partial charge < -0.3 is 4.90 Å². The molecule has 0 spiro atoms. The smallest absolute Gasteiger partial charge is 0.265 e. The highest BCUT2D eigenvalue weighted by atomic mass is 32.2. The van der Waals surface area contributed by atoms with Gasteiger partial charge in [0, 0.05) is 38.6 Å². The van der Waals surface area contributed by atoms with Crippen LogP contribution < -0.4 is 9.62 Å². The highest BCUT2D eigenvalue weighted by Gasteiger charge is 2.16. The molecule has 0 saturated heterocycles. The molecule has 0 saturated carbocycles. The van der Waals surface area contributed by atoms with E-state index >= 15 is 0 Å². The van der Waals surface area contributed by atoms with Crippen LogP contribution in [0.15, 0.2) is 41.6 Å². The summed E-state index contributed by atoms with van der Waals surface area (Å²) in [4.78, 5) is 12.8. The summed E-state index contributed by atoms with van der Waals surface area (Å²) in [6.45, 7) is 1.46. The van der Waals surface area contributed by atoms with Crippen molar-refractivity contribution < 1.29 is 13.2 Å². The number of hydrogen-bond acceptors (Lipinski definition) is 4. The molecule has 2 aromatic rings. The number of carbonyl (C=O) groups excluding carboxylic acids is 1. The zero-order valence-corrected chi connectivity index (χ0v) is 12.8. The molecule has 21 heavy (non-hydrogen) atoms. The predicted octanol–water partition coefficient (Wildman–Crippen LogP) is 1.20. The molecule has 0 bridgehead atoms. The highest BCUT2D eigenvalue weighted by molar-refractivity contribution is 7.92. The Balaban J connectivity index is 2.19. The van der Waals surface area contributed by atoms with Crippen LogP contribution in [0.4, 0.5) is 11.4 Å². The molecule has 8 heteroatoms. The zero-order chi connectivity index (χ0) is 15.6. The molecule has 112 valence electrons. The molecular formula is C13H16N4O3S. The van der Waals surface area contributed by atoms with Gasteiger partial charge in [-0.1, -0.05) is 0 Å². The minimum absolute atomic E-state index is 0.0925. The lowest BCUT2D eigenvalue weighted by atomic mass is 10.2. The maximum atomic E-state index is 12.1. The third-order valence-corrected chi connectivity index (χ3v) is 4.31. The van der Waals surface area contributed by atoms with Gasteiger partial charge in [-0.2, -0.15) is 5.10 Å². The second-order valence-electron chi connectivity index (χ2n) is 4.58. The Morgan fingerprint density at radius 1 is 1.29 bits per heavy atom. The van der Waals surface area contributed by atoms with E-state index in [-0.39, 0.29) is 10.8 Å². The van der Waals surface area contributed by atoms with E-state index in [1.165, 1.54) is 28.9 Å². The summed E-state index contributed by atoms with van der Waals surface area (Å²) in [5, 5.41) is 3.83. The molecule has 1 aromatic heterocycles. The predicted molar refractivity (Wildman–Crippen MR) is 79.5 cm³/mol. The molecule has 0 unspecified atom stereocenters. The first-order chi connectivity index (χ1) is 9.79. The molecule has 0 aliphatic rings. The van der Waals surface area contributed by atoms with Crippen LogP contribution in [0, 0.1) is 0 Å². The number of nitrogens with zero attached hydrogens (tertiary/aromatic N) is 3. The van der Waals surface area contributed by atoms with Crippen molar-refractivity contribution in [1.29, 1.82) is 0 Å². The summed E-state index contributed by atoms with van der Waals surface area (Å²) in [6, 6.07) is 6.54. The molecule has 0 aliphatic carbocycles. The first-order valence-electron chi connectivity index (χ1n) is 6.15. The Morgan fingerprint density at radius 2 is 1.90 bits per heavy atom. The summed E-state index contributed by atoms with van der Waals surface area (Å²) < 4.78 is 28.1. The Bertz CT molecular complexity index is 750. The van der Waals surface area contributed by atoms with Gasteiger partial charge in [-0.15, -0.1) is 0 Å². The van der Waals surface area contributed by atoms with Crippen LogP contribution in [0.1, 0.15) is 6.92 Å². The normalized spacial score (nSPS) is 11.2. The fourth-order valence-electron chi connectivity index (χ4n) is 1.69. The summed E-state index contributed by atoms with van der Waals surface area (Å²) in [5.41, 5.74) is 1.10. The molecule has 1 aromatic carbocycles. The van der Waals surface area contributed by atoms with E-state index < -0.39 is 10.0 Å². The van der Waals surface area contributed by atoms with Crippen LogP contribution in [0.25, 0.3) is 0 Å². The van der Waals surface area contributed by atoms with Crippen LogP contribution in [-0.2, 0) is 21.9 Å². The number of hydrogen-bond donors (Lipinski definition) is 1. The van der Waals surface area contributed by atoms with Crippen LogP contribution in [0.5, 0.6) is 0 Å². The largest absolute Gasteiger partial charge is 0.316 e. The SMILES string of the molecule is CC(=O)N(C)c1ccc(NS(=O)(=O)c2cnn(C)c2)cc1. The second-order valence-corrected chi connectivity index (χ2v) is 6.26. The maximum absolute atomic E-state index is 12.1. The number of anilines is 2. The van der Waals surface area contributed by atoms with E-state index in [9.17, 15) is 13.2 Å². The average molecular weight is 308 g/mol. The number of rotatable bonds is 4. The molecule has 0 atom stereocenters. The number of nitrogens with one attached hydrogen (secondary N) is 1. The molecule has 1 amide bonds. The minimum Gasteiger partial charge on any atom is -0.316 e. The third kappa shape index (κ3) is 3.40. The lowest BCUT2D eigenvalue weighted by Crippen LogP contribution is -2.22. The van der Waals surface area contributed by atoms with E-state index in [4.69, 9.17) is 0 Å². The number of aryl methyl sites for hydroxylation is 1. The van der Waals surface area contributed by atoms with Gasteiger partial charge in [-0.3, -0.25) is 14.2 Å². The van der Waals surface area contributed by atoms with E-state index in [1.54, 1.807) is 38.4 Å². The van der Waals surface area contributed by atoms with Crippen molar-refractivity contribution in [2.24, 2.45) is 7.05 Å². The van der Waals surface area contributed by atoms with E-state index in [0.717, 1.165) is 0 Å². The zero-order valence-electron chi connectivity index (χ0n) is 11.9. The van der Waals surface area contributed by atoms with Crippen molar-refractivity contribution in [3.8, 4) is 0 Å². The molecule has 7 nitrogen and oxygen atoms in total. The number of amides is 1. The molecule has 1 heterocycles. The van der Waals surface area contributed by atoms with Gasteiger partial charge in [-0.25, -0.2) is 8.42 Å². The van der Waals surface area contributed by atoms with Gasteiger partial charge in [0.25, 0.3) is 10.0 Å². The number of benzene rings is 1. The number of sulfonamides is 1. The lowest BCUT2D eigenvalue weighted by Gasteiger charge is -2.15. The molecule has 0 radical (unpaired) electrons. The van der Waals surface area contributed by atoms with Crippen LogP contribution in [-0.4, -0.2) is 31.2 Å². The van der Waals surface area contributed by atoms with Gasteiger partial charge in [0.2, 0.25) is 5.91 Å². The van der Waals surface area contributed by atoms with Crippen molar-refractivity contribution in [2.45, 2.75) is 11.8 Å². The second kappa shape index (κ2) is 5.57. The van der Waals surface area contributed by atoms with Gasteiger partial charge in [-0.05, 0) is 24.3 Å². The summed E-state index contributed by atoms with van der Waals surface area (Å²) in [7, 11) is -0.362. The minimum atomic E-state index is -3.66. The van der Waals surface area contributed by atoms with Crippen LogP contribution in [0.2, 0.25) is 0 Å². The summed E-state index contributed by atoms with van der Waals surface area (Å²) in [6.07, 6.45) is 2.69. The number of carbonyl (C=O) groups is 1. The third-order valence-electron chi connectivity index (χ3n) is 2.97. The Hall–Kier alpha value is -2.35. The first kappa shape index (κ1) is 15.0. The topological polar surface area (TPSA) is 84.3 Å². The first-order valence-corrected chi connectivity index (χ1v) is 7.64. The van der Waals surface area contributed by atoms with Gasteiger partial charge >= 0.3 is 0 Å².